The summed E-state index contributed by atoms with van der Waals surface area (Å²) in [5, 5.41) is 9.49. The van der Waals surface area contributed by atoms with Crippen LogP contribution in [0.4, 0.5) is 29.2 Å². The van der Waals surface area contributed by atoms with Gasteiger partial charge in [0.15, 0.2) is 0 Å². The monoisotopic (exact) mass is 306 g/mol. The lowest BCUT2D eigenvalue weighted by Gasteiger charge is -2.10. The highest BCUT2D eigenvalue weighted by Gasteiger charge is 2.06. The van der Waals surface area contributed by atoms with Gasteiger partial charge < -0.3 is 16.0 Å². The molecule has 1 aromatic heterocycles. The SMILES string of the molecule is CCNc1nc(Nc2ccccc2)nc(Nc2ccccc2)n1. The Hall–Kier alpha value is -3.15. The highest BCUT2D eigenvalue weighted by Crippen LogP contribution is 2.18. The molecule has 3 rings (SSSR count). The molecule has 1 heterocycles. The molecule has 0 bridgehead atoms. The number of rotatable bonds is 6. The lowest BCUT2D eigenvalue weighted by molar-refractivity contribution is 1.03. The molecule has 0 aliphatic carbocycles. The van der Waals surface area contributed by atoms with Crippen molar-refractivity contribution in [1.82, 2.24) is 15.0 Å². The zero-order chi connectivity index (χ0) is 15.9. The largest absolute Gasteiger partial charge is 0.354 e. The number of nitrogens with zero attached hydrogens (tertiary/aromatic N) is 3. The van der Waals surface area contributed by atoms with Gasteiger partial charge in [-0.15, -0.1) is 0 Å². The van der Waals surface area contributed by atoms with Gasteiger partial charge >= 0.3 is 0 Å². The first-order chi connectivity index (χ1) is 11.3. The average Bonchev–Trinajstić information content (AvgIpc) is 2.57. The Morgan fingerprint density at radius 2 is 1.09 bits per heavy atom. The summed E-state index contributed by atoms with van der Waals surface area (Å²) in [6.07, 6.45) is 0. The number of hydrogen-bond acceptors (Lipinski definition) is 6. The molecule has 116 valence electrons. The first-order valence-corrected chi connectivity index (χ1v) is 7.47. The second-order valence-corrected chi connectivity index (χ2v) is 4.82. The van der Waals surface area contributed by atoms with Crippen LogP contribution in [0.1, 0.15) is 6.92 Å². The molecule has 0 aliphatic heterocycles. The topological polar surface area (TPSA) is 74.8 Å². The molecule has 2 aromatic carbocycles. The van der Waals surface area contributed by atoms with Crippen molar-refractivity contribution in [1.29, 1.82) is 0 Å². The van der Waals surface area contributed by atoms with Crippen LogP contribution in [0.3, 0.4) is 0 Å². The van der Waals surface area contributed by atoms with Gasteiger partial charge in [-0.1, -0.05) is 36.4 Å². The van der Waals surface area contributed by atoms with Gasteiger partial charge in [0, 0.05) is 17.9 Å². The quantitative estimate of drug-likeness (QED) is 0.643. The van der Waals surface area contributed by atoms with E-state index in [0.717, 1.165) is 17.9 Å². The van der Waals surface area contributed by atoms with E-state index in [2.05, 4.69) is 30.9 Å². The molecule has 0 amide bonds. The van der Waals surface area contributed by atoms with E-state index in [0.29, 0.717) is 17.8 Å². The second kappa shape index (κ2) is 7.22. The summed E-state index contributed by atoms with van der Waals surface area (Å²) >= 11 is 0. The van der Waals surface area contributed by atoms with Gasteiger partial charge in [-0.05, 0) is 31.2 Å². The van der Waals surface area contributed by atoms with Gasteiger partial charge in [0.05, 0.1) is 0 Å². The van der Waals surface area contributed by atoms with Crippen LogP contribution in [-0.4, -0.2) is 21.5 Å². The van der Waals surface area contributed by atoms with E-state index in [-0.39, 0.29) is 0 Å². The van der Waals surface area contributed by atoms with Crippen LogP contribution in [0.2, 0.25) is 0 Å². The summed E-state index contributed by atoms with van der Waals surface area (Å²) in [4.78, 5) is 13.2. The standard InChI is InChI=1S/C17H18N6/c1-2-18-15-21-16(19-13-9-5-3-6-10-13)23-17(22-15)20-14-11-7-4-8-12-14/h3-12H,2H2,1H3,(H3,18,19,20,21,22,23). The summed E-state index contributed by atoms with van der Waals surface area (Å²) in [6, 6.07) is 19.6. The van der Waals surface area contributed by atoms with E-state index >= 15 is 0 Å². The zero-order valence-corrected chi connectivity index (χ0v) is 12.8. The van der Waals surface area contributed by atoms with E-state index < -0.39 is 0 Å². The second-order valence-electron chi connectivity index (χ2n) is 4.82. The van der Waals surface area contributed by atoms with Crippen LogP contribution in [0.25, 0.3) is 0 Å². The summed E-state index contributed by atoms with van der Waals surface area (Å²) in [5.41, 5.74) is 1.85. The van der Waals surface area contributed by atoms with E-state index in [9.17, 15) is 0 Å². The van der Waals surface area contributed by atoms with E-state index in [1.165, 1.54) is 0 Å². The molecule has 3 N–H and O–H groups in total. The number of aromatic nitrogens is 3. The normalized spacial score (nSPS) is 10.1. The minimum atomic E-state index is 0.487. The van der Waals surface area contributed by atoms with E-state index in [1.54, 1.807) is 0 Å². The molecule has 6 heteroatoms. The molecule has 23 heavy (non-hydrogen) atoms. The van der Waals surface area contributed by atoms with Crippen LogP contribution >= 0.6 is 0 Å². The number of anilines is 5. The van der Waals surface area contributed by atoms with Crippen LogP contribution in [0.15, 0.2) is 60.7 Å². The number of nitrogens with one attached hydrogen (secondary N) is 3. The van der Waals surface area contributed by atoms with Crippen molar-refractivity contribution in [3.8, 4) is 0 Å². The zero-order valence-electron chi connectivity index (χ0n) is 12.8. The lowest BCUT2D eigenvalue weighted by Crippen LogP contribution is -2.09. The summed E-state index contributed by atoms with van der Waals surface area (Å²) < 4.78 is 0. The maximum atomic E-state index is 4.42. The Labute approximate surface area is 135 Å². The first-order valence-electron chi connectivity index (χ1n) is 7.47. The predicted molar refractivity (Wildman–Crippen MR) is 93.4 cm³/mol. The number of hydrogen-bond donors (Lipinski definition) is 3. The fraction of sp³-hybridized carbons (Fsp3) is 0.118. The number of para-hydroxylation sites is 2. The van der Waals surface area contributed by atoms with Crippen molar-refractivity contribution < 1.29 is 0 Å². The predicted octanol–water partition coefficient (Wildman–Crippen LogP) is 3.79. The molecule has 6 nitrogen and oxygen atoms in total. The fourth-order valence-electron chi connectivity index (χ4n) is 2.03. The smallest absolute Gasteiger partial charge is 0.233 e. The molecule has 0 unspecified atom stereocenters. The Morgan fingerprint density at radius 3 is 1.52 bits per heavy atom. The minimum absolute atomic E-state index is 0.487. The van der Waals surface area contributed by atoms with Crippen molar-refractivity contribution in [2.75, 3.05) is 22.5 Å². The third-order valence-corrected chi connectivity index (χ3v) is 3.03. The van der Waals surface area contributed by atoms with Crippen LogP contribution in [0.5, 0.6) is 0 Å². The molecular formula is C17H18N6. The van der Waals surface area contributed by atoms with Crippen molar-refractivity contribution in [3.05, 3.63) is 60.7 Å². The molecule has 0 radical (unpaired) electrons. The lowest BCUT2D eigenvalue weighted by atomic mass is 10.3. The Balaban J connectivity index is 1.86. The van der Waals surface area contributed by atoms with Crippen molar-refractivity contribution in [2.24, 2.45) is 0 Å². The van der Waals surface area contributed by atoms with Crippen molar-refractivity contribution in [3.63, 3.8) is 0 Å². The van der Waals surface area contributed by atoms with Crippen molar-refractivity contribution in [2.45, 2.75) is 6.92 Å². The summed E-state index contributed by atoms with van der Waals surface area (Å²) in [6.45, 7) is 2.73. The maximum absolute atomic E-state index is 4.42. The molecule has 0 saturated carbocycles. The van der Waals surface area contributed by atoms with Crippen molar-refractivity contribution >= 4 is 29.2 Å². The first kappa shape index (κ1) is 14.8. The van der Waals surface area contributed by atoms with Crippen LogP contribution in [-0.2, 0) is 0 Å². The van der Waals surface area contributed by atoms with E-state index in [1.807, 2.05) is 67.6 Å². The van der Waals surface area contributed by atoms with Gasteiger partial charge in [0.2, 0.25) is 17.8 Å². The molecule has 0 aliphatic rings. The Kier molecular flexibility index (Phi) is 4.63. The molecule has 3 aromatic rings. The van der Waals surface area contributed by atoms with E-state index in [4.69, 9.17) is 0 Å². The minimum Gasteiger partial charge on any atom is -0.354 e. The molecular weight excluding hydrogens is 288 g/mol. The van der Waals surface area contributed by atoms with Gasteiger partial charge in [-0.2, -0.15) is 15.0 Å². The van der Waals surface area contributed by atoms with Gasteiger partial charge in [0.25, 0.3) is 0 Å². The molecule has 0 spiro atoms. The number of benzene rings is 2. The van der Waals surface area contributed by atoms with Crippen LogP contribution in [0, 0.1) is 0 Å². The van der Waals surface area contributed by atoms with Crippen LogP contribution < -0.4 is 16.0 Å². The van der Waals surface area contributed by atoms with Gasteiger partial charge in [-0.25, -0.2) is 0 Å². The summed E-state index contributed by atoms with van der Waals surface area (Å²) in [5.74, 6) is 1.50. The third kappa shape index (κ3) is 4.16. The highest BCUT2D eigenvalue weighted by atomic mass is 15.3. The molecule has 0 saturated heterocycles. The molecule has 0 atom stereocenters. The fourth-order valence-corrected chi connectivity index (χ4v) is 2.03. The molecule has 0 fully saturated rings. The van der Waals surface area contributed by atoms with Gasteiger partial charge in [0.1, 0.15) is 0 Å². The summed E-state index contributed by atoms with van der Waals surface area (Å²) in [7, 11) is 0. The third-order valence-electron chi connectivity index (χ3n) is 3.03. The van der Waals surface area contributed by atoms with Gasteiger partial charge in [-0.3, -0.25) is 0 Å². The highest BCUT2D eigenvalue weighted by molar-refractivity contribution is 5.58. The Morgan fingerprint density at radius 1 is 0.652 bits per heavy atom. The maximum Gasteiger partial charge on any atom is 0.233 e. The average molecular weight is 306 g/mol. The Bertz CT molecular complexity index is 686.